The highest BCUT2D eigenvalue weighted by atomic mass is 32.2. The highest BCUT2D eigenvalue weighted by molar-refractivity contribution is 7.91. The standard InChI is InChI=1S/C19H25NO7S/c1-13(18(21)20-15-8-10-28(23,24)12-15)27-19(22)14-4-6-16(7-5-14)26-11-17-3-2-9-25-17/h4-7,13,15,17H,2-3,8-12H2,1H3,(H,20,21)/t13-,15-,17+/m1/s1. The van der Waals surface area contributed by atoms with Gasteiger partial charge in [0.25, 0.3) is 5.91 Å². The van der Waals surface area contributed by atoms with Gasteiger partial charge in [-0.2, -0.15) is 0 Å². The fraction of sp³-hybridized carbons (Fsp3) is 0.579. The zero-order valence-corrected chi connectivity index (χ0v) is 16.6. The predicted molar refractivity (Wildman–Crippen MR) is 101 cm³/mol. The van der Waals surface area contributed by atoms with Gasteiger partial charge < -0.3 is 19.5 Å². The van der Waals surface area contributed by atoms with Crippen LogP contribution in [-0.4, -0.2) is 63.3 Å². The van der Waals surface area contributed by atoms with Gasteiger partial charge in [-0.1, -0.05) is 0 Å². The van der Waals surface area contributed by atoms with Crippen LogP contribution in [0.3, 0.4) is 0 Å². The van der Waals surface area contributed by atoms with Crippen LogP contribution in [0.1, 0.15) is 36.5 Å². The average Bonchev–Trinajstić information content (AvgIpc) is 3.29. The average molecular weight is 411 g/mol. The first kappa shape index (κ1) is 20.6. The maximum Gasteiger partial charge on any atom is 0.338 e. The molecule has 2 saturated heterocycles. The fourth-order valence-corrected chi connectivity index (χ4v) is 4.84. The molecule has 9 heteroatoms. The molecule has 0 aromatic heterocycles. The van der Waals surface area contributed by atoms with Crippen molar-refractivity contribution in [3.63, 3.8) is 0 Å². The molecule has 0 radical (unpaired) electrons. The van der Waals surface area contributed by atoms with Crippen molar-refractivity contribution in [3.8, 4) is 5.75 Å². The summed E-state index contributed by atoms with van der Waals surface area (Å²) in [7, 11) is -3.09. The topological polar surface area (TPSA) is 108 Å². The number of hydrogen-bond donors (Lipinski definition) is 1. The van der Waals surface area contributed by atoms with E-state index in [4.69, 9.17) is 14.2 Å². The third-order valence-electron chi connectivity index (χ3n) is 4.78. The van der Waals surface area contributed by atoms with Gasteiger partial charge in [0.05, 0.1) is 23.2 Å². The molecule has 1 aromatic rings. The van der Waals surface area contributed by atoms with E-state index in [0.717, 1.165) is 19.4 Å². The maximum atomic E-state index is 12.2. The molecule has 0 unspecified atom stereocenters. The van der Waals surface area contributed by atoms with Gasteiger partial charge in [-0.25, -0.2) is 13.2 Å². The molecule has 0 bridgehead atoms. The van der Waals surface area contributed by atoms with Gasteiger partial charge in [0.15, 0.2) is 15.9 Å². The zero-order chi connectivity index (χ0) is 20.1. The summed E-state index contributed by atoms with van der Waals surface area (Å²) in [6.07, 6.45) is 1.49. The Bertz CT molecular complexity index is 800. The van der Waals surface area contributed by atoms with E-state index in [1.165, 1.54) is 6.92 Å². The number of sulfone groups is 1. The summed E-state index contributed by atoms with van der Waals surface area (Å²) in [5.74, 6) is -0.528. The minimum atomic E-state index is -3.09. The molecular weight excluding hydrogens is 386 g/mol. The lowest BCUT2D eigenvalue weighted by atomic mass is 10.2. The molecule has 8 nitrogen and oxygen atoms in total. The number of ether oxygens (including phenoxy) is 3. The molecule has 0 spiro atoms. The number of carbonyl (C=O) groups is 2. The van der Waals surface area contributed by atoms with Crippen LogP contribution in [0.15, 0.2) is 24.3 Å². The molecule has 0 aliphatic carbocycles. The first-order valence-electron chi connectivity index (χ1n) is 9.38. The highest BCUT2D eigenvalue weighted by Crippen LogP contribution is 2.17. The van der Waals surface area contributed by atoms with Gasteiger partial charge in [0.1, 0.15) is 12.4 Å². The second-order valence-electron chi connectivity index (χ2n) is 7.13. The lowest BCUT2D eigenvalue weighted by Gasteiger charge is -2.16. The van der Waals surface area contributed by atoms with Crippen LogP contribution in [0.4, 0.5) is 0 Å². The number of benzene rings is 1. The van der Waals surface area contributed by atoms with Crippen molar-refractivity contribution in [2.75, 3.05) is 24.7 Å². The molecule has 1 amide bonds. The van der Waals surface area contributed by atoms with E-state index in [1.54, 1.807) is 24.3 Å². The van der Waals surface area contributed by atoms with E-state index >= 15 is 0 Å². The molecule has 1 aromatic carbocycles. The SMILES string of the molecule is C[C@@H](OC(=O)c1ccc(OC[C@@H]2CCCO2)cc1)C(=O)N[C@@H]1CCS(=O)(=O)C1. The normalized spacial score (nSPS) is 24.5. The third-order valence-corrected chi connectivity index (χ3v) is 6.55. The summed E-state index contributed by atoms with van der Waals surface area (Å²) >= 11 is 0. The number of esters is 1. The maximum absolute atomic E-state index is 12.2. The zero-order valence-electron chi connectivity index (χ0n) is 15.8. The van der Waals surface area contributed by atoms with Gasteiger partial charge in [-0.3, -0.25) is 4.79 Å². The number of hydrogen-bond acceptors (Lipinski definition) is 7. The van der Waals surface area contributed by atoms with Crippen LogP contribution in [0.5, 0.6) is 5.75 Å². The quantitative estimate of drug-likeness (QED) is 0.669. The van der Waals surface area contributed by atoms with Crippen molar-refractivity contribution >= 4 is 21.7 Å². The Morgan fingerprint density at radius 1 is 1.25 bits per heavy atom. The Balaban J connectivity index is 1.45. The minimum Gasteiger partial charge on any atom is -0.491 e. The van der Waals surface area contributed by atoms with Gasteiger partial charge >= 0.3 is 5.97 Å². The van der Waals surface area contributed by atoms with Crippen LogP contribution in [0.25, 0.3) is 0 Å². The van der Waals surface area contributed by atoms with E-state index < -0.39 is 33.9 Å². The first-order valence-corrected chi connectivity index (χ1v) is 11.2. The molecule has 0 saturated carbocycles. The second kappa shape index (κ2) is 8.91. The summed E-state index contributed by atoms with van der Waals surface area (Å²) in [5.41, 5.74) is 0.299. The summed E-state index contributed by atoms with van der Waals surface area (Å²) in [4.78, 5) is 24.3. The summed E-state index contributed by atoms with van der Waals surface area (Å²) in [6.45, 7) is 2.69. The summed E-state index contributed by atoms with van der Waals surface area (Å²) in [6, 6.07) is 6.04. The van der Waals surface area contributed by atoms with Gasteiger partial charge in [-0.15, -0.1) is 0 Å². The molecule has 2 aliphatic rings. The summed E-state index contributed by atoms with van der Waals surface area (Å²) < 4.78 is 39.2. The van der Waals surface area contributed by atoms with Crippen molar-refractivity contribution in [1.29, 1.82) is 0 Å². The monoisotopic (exact) mass is 411 g/mol. The second-order valence-corrected chi connectivity index (χ2v) is 9.36. The van der Waals surface area contributed by atoms with E-state index in [9.17, 15) is 18.0 Å². The van der Waals surface area contributed by atoms with Crippen LogP contribution in [-0.2, 0) is 24.1 Å². The molecule has 2 heterocycles. The van der Waals surface area contributed by atoms with Crippen LogP contribution in [0, 0.1) is 0 Å². The fourth-order valence-electron chi connectivity index (χ4n) is 3.16. The first-order chi connectivity index (χ1) is 13.3. The van der Waals surface area contributed by atoms with Gasteiger partial charge in [0.2, 0.25) is 0 Å². The Morgan fingerprint density at radius 2 is 2.00 bits per heavy atom. The molecule has 28 heavy (non-hydrogen) atoms. The van der Waals surface area contributed by atoms with Crippen LogP contribution < -0.4 is 10.1 Å². The van der Waals surface area contributed by atoms with Crippen molar-refractivity contribution in [2.45, 2.75) is 44.4 Å². The lowest BCUT2D eigenvalue weighted by molar-refractivity contribution is -0.129. The minimum absolute atomic E-state index is 0.0629. The Morgan fingerprint density at radius 3 is 2.61 bits per heavy atom. The molecule has 3 atom stereocenters. The molecule has 154 valence electrons. The highest BCUT2D eigenvalue weighted by Gasteiger charge is 2.30. The van der Waals surface area contributed by atoms with Crippen LogP contribution in [0.2, 0.25) is 0 Å². The number of amides is 1. The van der Waals surface area contributed by atoms with Crippen LogP contribution >= 0.6 is 0 Å². The van der Waals surface area contributed by atoms with E-state index in [-0.39, 0.29) is 17.6 Å². The Labute approximate surface area is 164 Å². The molecule has 1 N–H and O–H groups in total. The van der Waals surface area contributed by atoms with E-state index in [0.29, 0.717) is 24.3 Å². The summed E-state index contributed by atoms with van der Waals surface area (Å²) in [5, 5.41) is 2.62. The van der Waals surface area contributed by atoms with Crippen molar-refractivity contribution in [3.05, 3.63) is 29.8 Å². The van der Waals surface area contributed by atoms with E-state index in [2.05, 4.69) is 5.32 Å². The Hall–Kier alpha value is -2.13. The smallest absolute Gasteiger partial charge is 0.338 e. The van der Waals surface area contributed by atoms with Crippen molar-refractivity contribution in [2.24, 2.45) is 0 Å². The Kier molecular flexibility index (Phi) is 6.56. The third kappa shape index (κ3) is 5.68. The van der Waals surface area contributed by atoms with Gasteiger partial charge in [-0.05, 0) is 50.5 Å². The predicted octanol–water partition coefficient (Wildman–Crippen LogP) is 1.09. The molecule has 2 aliphatic heterocycles. The molecule has 2 fully saturated rings. The largest absolute Gasteiger partial charge is 0.491 e. The van der Waals surface area contributed by atoms with Crippen molar-refractivity contribution in [1.82, 2.24) is 5.32 Å². The molecule has 3 rings (SSSR count). The van der Waals surface area contributed by atoms with Gasteiger partial charge in [0, 0.05) is 12.6 Å². The van der Waals surface area contributed by atoms with Crippen molar-refractivity contribution < 1.29 is 32.2 Å². The number of carbonyl (C=O) groups excluding carboxylic acids is 2. The number of rotatable bonds is 7. The molecular formula is C19H25NO7S. The lowest BCUT2D eigenvalue weighted by Crippen LogP contribution is -2.42. The van der Waals surface area contributed by atoms with E-state index in [1.807, 2.05) is 0 Å². The number of nitrogens with one attached hydrogen (secondary N) is 1.